The van der Waals surface area contributed by atoms with Gasteiger partial charge in [-0.3, -0.25) is 4.79 Å². The number of nitrogens with zero attached hydrogens (tertiary/aromatic N) is 1. The van der Waals surface area contributed by atoms with Crippen LogP contribution in [0.4, 0.5) is 5.69 Å². The van der Waals surface area contributed by atoms with Crippen LogP contribution in [0.5, 0.6) is 0 Å². The number of aliphatic carboxylic acids is 1. The summed E-state index contributed by atoms with van der Waals surface area (Å²) in [5.41, 5.74) is 7.23. The fourth-order valence-electron chi connectivity index (χ4n) is 2.47. The van der Waals surface area contributed by atoms with E-state index in [2.05, 4.69) is 0 Å². The first-order valence-electron chi connectivity index (χ1n) is 6.52. The number of hydrogen-bond donors (Lipinski definition) is 3. The van der Waals surface area contributed by atoms with Gasteiger partial charge in [0.2, 0.25) is 5.91 Å². The van der Waals surface area contributed by atoms with Crippen LogP contribution in [0.1, 0.15) is 18.4 Å². The summed E-state index contributed by atoms with van der Waals surface area (Å²) in [4.78, 5) is 24.4. The van der Waals surface area contributed by atoms with E-state index in [1.807, 2.05) is 12.1 Å². The molecule has 0 radical (unpaired) electrons. The molecule has 20 heavy (non-hydrogen) atoms. The minimum atomic E-state index is -1.07. The van der Waals surface area contributed by atoms with Crippen molar-refractivity contribution in [1.29, 1.82) is 0 Å². The highest BCUT2D eigenvalue weighted by Crippen LogP contribution is 2.20. The molecule has 1 fully saturated rings. The molecule has 0 saturated carbocycles. The Bertz CT molecular complexity index is 518. The van der Waals surface area contributed by atoms with Crippen LogP contribution < -0.4 is 5.73 Å². The molecule has 2 rings (SSSR count). The first-order valence-corrected chi connectivity index (χ1v) is 6.52. The van der Waals surface area contributed by atoms with Gasteiger partial charge in [-0.25, -0.2) is 4.79 Å². The topological polar surface area (TPSA) is 104 Å². The molecule has 1 amide bonds. The third kappa shape index (κ3) is 3.27. The van der Waals surface area contributed by atoms with Crippen molar-refractivity contribution in [3.63, 3.8) is 0 Å². The van der Waals surface area contributed by atoms with E-state index in [1.165, 1.54) is 4.90 Å². The molecule has 1 saturated heterocycles. The van der Waals surface area contributed by atoms with Gasteiger partial charge in [0.05, 0.1) is 6.10 Å². The molecular formula is C14H18N2O4. The molecular weight excluding hydrogens is 260 g/mol. The maximum Gasteiger partial charge on any atom is 0.326 e. The summed E-state index contributed by atoms with van der Waals surface area (Å²) in [6, 6.07) is 6.33. The van der Waals surface area contributed by atoms with Crippen molar-refractivity contribution >= 4 is 17.6 Å². The van der Waals surface area contributed by atoms with Crippen molar-refractivity contribution in [3.05, 3.63) is 29.8 Å². The summed E-state index contributed by atoms with van der Waals surface area (Å²) >= 11 is 0. The molecule has 0 aromatic heterocycles. The first-order chi connectivity index (χ1) is 9.47. The molecule has 2 atom stereocenters. The number of aliphatic hydroxyl groups excluding tert-OH is 1. The number of carboxylic acid groups (broad SMARTS) is 1. The molecule has 1 aromatic rings. The van der Waals surface area contributed by atoms with Gasteiger partial charge in [0.15, 0.2) is 0 Å². The molecule has 108 valence electrons. The Morgan fingerprint density at radius 1 is 1.40 bits per heavy atom. The Balaban J connectivity index is 1.96. The lowest BCUT2D eigenvalue weighted by molar-refractivity contribution is -0.148. The molecule has 0 spiro atoms. The van der Waals surface area contributed by atoms with E-state index in [0.717, 1.165) is 5.56 Å². The van der Waals surface area contributed by atoms with E-state index in [9.17, 15) is 14.7 Å². The Labute approximate surface area is 116 Å². The van der Waals surface area contributed by atoms with Gasteiger partial charge in [0.25, 0.3) is 0 Å². The molecule has 0 aliphatic carbocycles. The number of anilines is 1. The van der Waals surface area contributed by atoms with Crippen molar-refractivity contribution in [2.24, 2.45) is 0 Å². The average Bonchev–Trinajstić information content (AvgIpc) is 2.78. The number of β-amino-alcohol motifs (C(OH)–C–C–N with tert-alkyl or cyclic N) is 1. The molecule has 2 unspecified atom stereocenters. The summed E-state index contributed by atoms with van der Waals surface area (Å²) in [5.74, 6) is -1.32. The SMILES string of the molecule is Nc1cccc(CCC(=O)N2CC(O)CC2C(=O)O)c1. The van der Waals surface area contributed by atoms with Crippen molar-refractivity contribution in [2.75, 3.05) is 12.3 Å². The maximum absolute atomic E-state index is 12.1. The van der Waals surface area contributed by atoms with Crippen LogP contribution in [0.3, 0.4) is 0 Å². The van der Waals surface area contributed by atoms with Crippen molar-refractivity contribution in [3.8, 4) is 0 Å². The lowest BCUT2D eigenvalue weighted by Crippen LogP contribution is -2.40. The molecule has 4 N–H and O–H groups in total. The fraction of sp³-hybridized carbons (Fsp3) is 0.429. The van der Waals surface area contributed by atoms with Crippen LogP contribution in [0.15, 0.2) is 24.3 Å². The molecule has 1 aliphatic heterocycles. The number of aryl methyl sites for hydroxylation is 1. The van der Waals surface area contributed by atoms with E-state index in [0.29, 0.717) is 12.1 Å². The highest BCUT2D eigenvalue weighted by atomic mass is 16.4. The minimum absolute atomic E-state index is 0.0900. The predicted octanol–water partition coefficient (Wildman–Crippen LogP) is 0.248. The van der Waals surface area contributed by atoms with Crippen LogP contribution in [-0.4, -0.2) is 45.7 Å². The second-order valence-electron chi connectivity index (χ2n) is 5.03. The van der Waals surface area contributed by atoms with Crippen molar-refractivity contribution in [1.82, 2.24) is 4.90 Å². The minimum Gasteiger partial charge on any atom is -0.480 e. The average molecular weight is 278 g/mol. The number of rotatable bonds is 4. The summed E-state index contributed by atoms with van der Waals surface area (Å²) in [7, 11) is 0. The van der Waals surface area contributed by atoms with Crippen LogP contribution in [0.25, 0.3) is 0 Å². The lowest BCUT2D eigenvalue weighted by atomic mass is 10.1. The largest absolute Gasteiger partial charge is 0.480 e. The Morgan fingerprint density at radius 3 is 2.80 bits per heavy atom. The van der Waals surface area contributed by atoms with Gasteiger partial charge in [-0.15, -0.1) is 0 Å². The fourth-order valence-corrected chi connectivity index (χ4v) is 2.47. The van der Waals surface area contributed by atoms with E-state index in [4.69, 9.17) is 10.8 Å². The molecule has 6 heteroatoms. The normalized spacial score (nSPS) is 21.9. The number of carboxylic acids is 1. The number of amides is 1. The van der Waals surface area contributed by atoms with Gasteiger partial charge in [-0.05, 0) is 24.1 Å². The van der Waals surface area contributed by atoms with E-state index < -0.39 is 18.1 Å². The predicted molar refractivity (Wildman–Crippen MR) is 72.9 cm³/mol. The van der Waals surface area contributed by atoms with Gasteiger partial charge in [-0.1, -0.05) is 12.1 Å². The number of nitrogens with two attached hydrogens (primary N) is 1. The number of aliphatic hydroxyl groups is 1. The standard InChI is InChI=1S/C14H18N2O4/c15-10-3-1-2-9(6-10)4-5-13(18)16-8-11(17)7-12(16)14(19)20/h1-3,6,11-12,17H,4-5,7-8,15H2,(H,19,20). The molecule has 1 aliphatic rings. The summed E-state index contributed by atoms with van der Waals surface area (Å²) in [5, 5.41) is 18.6. The quantitative estimate of drug-likeness (QED) is 0.685. The van der Waals surface area contributed by atoms with E-state index in [1.54, 1.807) is 12.1 Å². The first kappa shape index (κ1) is 14.3. The van der Waals surface area contributed by atoms with Crippen LogP contribution in [0, 0.1) is 0 Å². The number of carbonyl (C=O) groups is 2. The van der Waals surface area contributed by atoms with Gasteiger partial charge in [0, 0.05) is 25.1 Å². The molecule has 1 heterocycles. The highest BCUT2D eigenvalue weighted by molar-refractivity contribution is 5.84. The van der Waals surface area contributed by atoms with E-state index in [-0.39, 0.29) is 25.3 Å². The zero-order valence-corrected chi connectivity index (χ0v) is 11.0. The number of hydrogen-bond acceptors (Lipinski definition) is 4. The molecule has 0 bridgehead atoms. The number of carbonyl (C=O) groups excluding carboxylic acids is 1. The van der Waals surface area contributed by atoms with Gasteiger partial charge < -0.3 is 20.8 Å². The number of nitrogen functional groups attached to an aromatic ring is 1. The Kier molecular flexibility index (Phi) is 4.24. The van der Waals surface area contributed by atoms with Gasteiger partial charge in [-0.2, -0.15) is 0 Å². The molecule has 1 aromatic carbocycles. The van der Waals surface area contributed by atoms with Crippen LogP contribution in [-0.2, 0) is 16.0 Å². The summed E-state index contributed by atoms with van der Waals surface area (Å²) < 4.78 is 0. The van der Waals surface area contributed by atoms with Crippen molar-refractivity contribution < 1.29 is 19.8 Å². The van der Waals surface area contributed by atoms with Crippen molar-refractivity contribution in [2.45, 2.75) is 31.4 Å². The summed E-state index contributed by atoms with van der Waals surface area (Å²) in [6.07, 6.45) is 0.0506. The van der Waals surface area contributed by atoms with Gasteiger partial charge in [0.1, 0.15) is 6.04 Å². The number of likely N-dealkylation sites (tertiary alicyclic amines) is 1. The second kappa shape index (κ2) is 5.92. The Hall–Kier alpha value is -2.08. The zero-order chi connectivity index (χ0) is 14.7. The smallest absolute Gasteiger partial charge is 0.326 e. The van der Waals surface area contributed by atoms with Gasteiger partial charge >= 0.3 is 5.97 Å². The van der Waals surface area contributed by atoms with Crippen LogP contribution >= 0.6 is 0 Å². The highest BCUT2D eigenvalue weighted by Gasteiger charge is 2.38. The monoisotopic (exact) mass is 278 g/mol. The second-order valence-corrected chi connectivity index (χ2v) is 5.03. The lowest BCUT2D eigenvalue weighted by Gasteiger charge is -2.21. The number of benzene rings is 1. The third-order valence-electron chi connectivity index (χ3n) is 3.46. The zero-order valence-electron chi connectivity index (χ0n) is 11.0. The van der Waals surface area contributed by atoms with E-state index >= 15 is 0 Å². The summed E-state index contributed by atoms with van der Waals surface area (Å²) in [6.45, 7) is 0.0900. The molecule has 6 nitrogen and oxygen atoms in total. The third-order valence-corrected chi connectivity index (χ3v) is 3.46. The maximum atomic E-state index is 12.1. The Morgan fingerprint density at radius 2 is 2.15 bits per heavy atom. The van der Waals surface area contributed by atoms with Crippen LogP contribution in [0.2, 0.25) is 0 Å².